The Kier molecular flexibility index (Phi) is 6.14. The van der Waals surface area contributed by atoms with E-state index in [1.807, 2.05) is 6.20 Å². The lowest BCUT2D eigenvalue weighted by Gasteiger charge is -2.14. The van der Waals surface area contributed by atoms with Gasteiger partial charge in [-0.05, 0) is 43.4 Å². The summed E-state index contributed by atoms with van der Waals surface area (Å²) in [4.78, 5) is 4.24. The predicted molar refractivity (Wildman–Crippen MR) is 70.6 cm³/mol. The van der Waals surface area contributed by atoms with E-state index in [-0.39, 0.29) is 0 Å². The molecule has 1 aromatic rings. The van der Waals surface area contributed by atoms with Gasteiger partial charge >= 0.3 is 0 Å². The highest BCUT2D eigenvalue weighted by Crippen LogP contribution is 2.19. The molecule has 0 spiro atoms. The summed E-state index contributed by atoms with van der Waals surface area (Å²) in [5.41, 5.74) is 2.58. The van der Waals surface area contributed by atoms with Gasteiger partial charge in [-0.15, -0.1) is 0 Å². The fraction of sp³-hybridized carbons (Fsp3) is 0.667. The highest BCUT2D eigenvalue weighted by molar-refractivity contribution is 5.15. The second kappa shape index (κ2) is 7.43. The van der Waals surface area contributed by atoms with E-state index in [0.29, 0.717) is 0 Å². The maximum Gasteiger partial charge on any atom is 0.0375 e. The molecule has 1 heteroatoms. The molecule has 0 aliphatic heterocycles. The van der Waals surface area contributed by atoms with Crippen LogP contribution in [0.2, 0.25) is 0 Å². The van der Waals surface area contributed by atoms with E-state index in [9.17, 15) is 0 Å². The van der Waals surface area contributed by atoms with E-state index < -0.39 is 0 Å². The van der Waals surface area contributed by atoms with Gasteiger partial charge in [-0.2, -0.15) is 0 Å². The minimum Gasteiger partial charge on any atom is -0.262 e. The summed E-state index contributed by atoms with van der Waals surface area (Å²) < 4.78 is 0. The average Bonchev–Trinajstić information content (AvgIpc) is 2.29. The van der Waals surface area contributed by atoms with Crippen molar-refractivity contribution in [3.8, 4) is 0 Å². The number of hydrogen-bond acceptors (Lipinski definition) is 1. The Labute approximate surface area is 100 Å². The highest BCUT2D eigenvalue weighted by atomic mass is 14.6. The van der Waals surface area contributed by atoms with Crippen LogP contribution in [0.25, 0.3) is 0 Å². The van der Waals surface area contributed by atoms with E-state index in [1.54, 1.807) is 0 Å². The number of aryl methyl sites for hydroxylation is 2. The molecular weight excluding hydrogens is 194 g/mol. The topological polar surface area (TPSA) is 12.9 Å². The molecule has 0 aliphatic carbocycles. The van der Waals surface area contributed by atoms with E-state index in [2.05, 4.69) is 37.9 Å². The maximum atomic E-state index is 4.24. The van der Waals surface area contributed by atoms with Crippen molar-refractivity contribution in [2.24, 2.45) is 5.92 Å². The third kappa shape index (κ3) is 4.78. The van der Waals surface area contributed by atoms with Crippen molar-refractivity contribution in [3.63, 3.8) is 0 Å². The summed E-state index contributed by atoms with van der Waals surface area (Å²) >= 11 is 0. The Morgan fingerprint density at radius 3 is 2.69 bits per heavy atom. The monoisotopic (exact) mass is 219 g/mol. The second-order valence-corrected chi connectivity index (χ2v) is 4.76. The lowest BCUT2D eigenvalue weighted by Crippen LogP contribution is -2.01. The first-order chi connectivity index (χ1) is 7.76. The van der Waals surface area contributed by atoms with Gasteiger partial charge in [-0.25, -0.2) is 0 Å². The van der Waals surface area contributed by atoms with Crippen molar-refractivity contribution in [1.82, 2.24) is 4.98 Å². The van der Waals surface area contributed by atoms with Crippen molar-refractivity contribution in [1.29, 1.82) is 0 Å². The molecule has 1 unspecified atom stereocenters. The first-order valence-corrected chi connectivity index (χ1v) is 6.67. The van der Waals surface area contributed by atoms with Crippen LogP contribution in [0.15, 0.2) is 18.3 Å². The fourth-order valence-corrected chi connectivity index (χ4v) is 2.18. The summed E-state index contributed by atoms with van der Waals surface area (Å²) in [6, 6.07) is 4.37. The molecule has 0 saturated carbocycles. The maximum absolute atomic E-state index is 4.24. The van der Waals surface area contributed by atoms with Crippen molar-refractivity contribution >= 4 is 0 Å². The van der Waals surface area contributed by atoms with Gasteiger partial charge in [0.25, 0.3) is 0 Å². The zero-order valence-corrected chi connectivity index (χ0v) is 11.0. The van der Waals surface area contributed by atoms with Gasteiger partial charge in [0.2, 0.25) is 0 Å². The molecular formula is C15H25N. The van der Waals surface area contributed by atoms with E-state index in [1.165, 1.54) is 44.1 Å². The van der Waals surface area contributed by atoms with Crippen molar-refractivity contribution in [3.05, 3.63) is 29.6 Å². The molecule has 1 nitrogen and oxygen atoms in total. The SMILES string of the molecule is CCCCC(CC)CCc1ccnc(C)c1. The van der Waals surface area contributed by atoms with Crippen LogP contribution in [-0.2, 0) is 6.42 Å². The molecule has 0 amide bonds. The summed E-state index contributed by atoms with van der Waals surface area (Å²) in [5.74, 6) is 0.911. The summed E-state index contributed by atoms with van der Waals surface area (Å²) in [5, 5.41) is 0. The standard InChI is InChI=1S/C15H25N/c1-4-6-7-14(5-2)8-9-15-10-11-16-13(3)12-15/h10-12,14H,4-9H2,1-3H3. The Morgan fingerprint density at radius 2 is 2.06 bits per heavy atom. The smallest absolute Gasteiger partial charge is 0.0375 e. The molecule has 90 valence electrons. The Bertz CT molecular complexity index is 293. The molecule has 0 bridgehead atoms. The van der Waals surface area contributed by atoms with Gasteiger partial charge < -0.3 is 0 Å². The number of nitrogens with zero attached hydrogens (tertiary/aromatic N) is 1. The molecule has 0 aliphatic rings. The molecule has 0 N–H and O–H groups in total. The first-order valence-electron chi connectivity index (χ1n) is 6.67. The fourth-order valence-electron chi connectivity index (χ4n) is 2.18. The highest BCUT2D eigenvalue weighted by Gasteiger charge is 2.06. The summed E-state index contributed by atoms with van der Waals surface area (Å²) in [7, 11) is 0. The quantitative estimate of drug-likeness (QED) is 0.656. The Hall–Kier alpha value is -0.850. The van der Waals surface area contributed by atoms with Crippen LogP contribution in [0.5, 0.6) is 0 Å². The molecule has 16 heavy (non-hydrogen) atoms. The van der Waals surface area contributed by atoms with Crippen LogP contribution >= 0.6 is 0 Å². The largest absolute Gasteiger partial charge is 0.262 e. The minimum absolute atomic E-state index is 0.911. The zero-order valence-electron chi connectivity index (χ0n) is 11.0. The van der Waals surface area contributed by atoms with Crippen LogP contribution in [0.1, 0.15) is 57.2 Å². The number of unbranched alkanes of at least 4 members (excludes halogenated alkanes) is 1. The molecule has 1 rings (SSSR count). The minimum atomic E-state index is 0.911. The summed E-state index contributed by atoms with van der Waals surface area (Å²) in [6.45, 7) is 6.66. The second-order valence-electron chi connectivity index (χ2n) is 4.76. The molecule has 0 fully saturated rings. The van der Waals surface area contributed by atoms with Crippen molar-refractivity contribution in [2.75, 3.05) is 0 Å². The van der Waals surface area contributed by atoms with E-state index in [0.717, 1.165) is 11.6 Å². The van der Waals surface area contributed by atoms with Gasteiger partial charge in [0.1, 0.15) is 0 Å². The number of hydrogen-bond donors (Lipinski definition) is 0. The molecule has 0 saturated heterocycles. The van der Waals surface area contributed by atoms with E-state index in [4.69, 9.17) is 0 Å². The lowest BCUT2D eigenvalue weighted by molar-refractivity contribution is 0.422. The van der Waals surface area contributed by atoms with Crippen LogP contribution in [0.4, 0.5) is 0 Å². The third-order valence-corrected chi connectivity index (χ3v) is 3.35. The molecule has 0 aromatic carbocycles. The third-order valence-electron chi connectivity index (χ3n) is 3.35. The number of aromatic nitrogens is 1. The lowest BCUT2D eigenvalue weighted by atomic mass is 9.92. The number of rotatable bonds is 7. The molecule has 1 atom stereocenters. The van der Waals surface area contributed by atoms with Crippen LogP contribution in [-0.4, -0.2) is 4.98 Å². The average molecular weight is 219 g/mol. The first kappa shape index (κ1) is 13.2. The van der Waals surface area contributed by atoms with E-state index >= 15 is 0 Å². The van der Waals surface area contributed by atoms with Gasteiger partial charge in [0.05, 0.1) is 0 Å². The van der Waals surface area contributed by atoms with Gasteiger partial charge in [0, 0.05) is 11.9 Å². The normalized spacial score (nSPS) is 12.7. The van der Waals surface area contributed by atoms with Gasteiger partial charge in [-0.3, -0.25) is 4.98 Å². The molecule has 0 radical (unpaired) electrons. The summed E-state index contributed by atoms with van der Waals surface area (Å²) in [6.07, 6.45) is 9.91. The van der Waals surface area contributed by atoms with Gasteiger partial charge in [-0.1, -0.05) is 39.5 Å². The Balaban J connectivity index is 2.37. The van der Waals surface area contributed by atoms with Gasteiger partial charge in [0.15, 0.2) is 0 Å². The molecule has 1 heterocycles. The molecule has 1 aromatic heterocycles. The Morgan fingerprint density at radius 1 is 1.25 bits per heavy atom. The van der Waals surface area contributed by atoms with Crippen LogP contribution in [0, 0.1) is 12.8 Å². The van der Waals surface area contributed by atoms with Crippen molar-refractivity contribution < 1.29 is 0 Å². The van der Waals surface area contributed by atoms with Crippen LogP contribution in [0.3, 0.4) is 0 Å². The predicted octanol–water partition coefficient (Wildman–Crippen LogP) is 4.54. The van der Waals surface area contributed by atoms with Crippen LogP contribution < -0.4 is 0 Å². The number of pyridine rings is 1. The zero-order chi connectivity index (χ0) is 11.8. The van der Waals surface area contributed by atoms with Crippen molar-refractivity contribution in [2.45, 2.75) is 59.3 Å².